The summed E-state index contributed by atoms with van der Waals surface area (Å²) in [5.74, 6) is -2.84. The standard InChI is InChI=1S/C73H94N12O17S/c1-8-27-73(10-3,28-9-2)103-59-42-61(88)85(68(59)93)34-37-99-39-40-100-70(95)80-63(46(4)5)66(91)79-55(15-12-29-75-69(74)94)65(90)76-50-20-16-48(17-21-50)45-101-71(96)81(7)31-32-82(33-36-98-38-35-86)72(97)102-58-41-57-53(62-47(6)13-11-14-54(58)62)26-30-84(57)67(92)56-44-83-43-51(22-25-60(83)78-56)77-64(89)49-18-23-52(87)24-19-49/h11,13-14,16-25,41,43-44,46,55,59,63,86-87H,8-10,12,15,26-40,42,45H2,1-7H3,(H,76,90)(H,77,89)(H,79,91)(H,80,95)(H3,74,75,94)/t55-,59?,63-/m0/s1. The van der Waals surface area contributed by atoms with E-state index in [4.69, 9.17) is 29.4 Å². The number of amides is 11. The quantitative estimate of drug-likeness (QED) is 0.0134. The second-order valence-electron chi connectivity index (χ2n) is 25.6. The summed E-state index contributed by atoms with van der Waals surface area (Å²) in [5.41, 5.74) is 9.80. The lowest BCUT2D eigenvalue weighted by molar-refractivity contribution is -0.139. The molecule has 1 saturated heterocycles. The first-order valence-electron chi connectivity index (χ1n) is 34.7. The molecule has 8 rings (SSSR count). The molecule has 29 nitrogen and oxygen atoms in total. The van der Waals surface area contributed by atoms with E-state index in [9.17, 15) is 58.2 Å². The van der Waals surface area contributed by atoms with E-state index >= 15 is 0 Å². The number of thioether (sulfide) groups is 1. The van der Waals surface area contributed by atoms with Gasteiger partial charge in [0, 0.05) is 86.0 Å². The summed E-state index contributed by atoms with van der Waals surface area (Å²) in [5, 5.41) is 33.4. The van der Waals surface area contributed by atoms with Crippen LogP contribution in [0.4, 0.5) is 36.2 Å². The number of imidazole rings is 1. The maximum absolute atomic E-state index is 14.4. The number of fused-ring (bicyclic) bond motifs is 4. The number of phenols is 1. The number of nitrogens with one attached hydrogen (secondary N) is 5. The first-order valence-corrected chi connectivity index (χ1v) is 35.6. The van der Waals surface area contributed by atoms with Crippen molar-refractivity contribution in [3.63, 3.8) is 0 Å². The van der Waals surface area contributed by atoms with Crippen molar-refractivity contribution in [1.82, 2.24) is 40.0 Å². The minimum atomic E-state index is -1.16. The number of nitrogens with zero attached hydrogens (tertiary/aromatic N) is 6. The highest BCUT2D eigenvalue weighted by Gasteiger charge is 2.43. The van der Waals surface area contributed by atoms with Crippen LogP contribution in [0.25, 0.3) is 16.4 Å². The van der Waals surface area contributed by atoms with Crippen LogP contribution < -0.4 is 42.0 Å². The summed E-state index contributed by atoms with van der Waals surface area (Å²) in [6.45, 7) is 11.5. The fraction of sp³-hybridized carbons (Fsp3) is 0.466. The number of aromatic hydroxyl groups is 1. The number of likely N-dealkylation sites (tertiary alicyclic amines) is 1. The van der Waals surface area contributed by atoms with Gasteiger partial charge in [-0.2, -0.15) is 0 Å². The zero-order valence-corrected chi connectivity index (χ0v) is 60.1. The third kappa shape index (κ3) is 21.5. The molecule has 2 aliphatic rings. The van der Waals surface area contributed by atoms with Gasteiger partial charge in [-0.25, -0.2) is 24.2 Å². The van der Waals surface area contributed by atoms with E-state index in [1.54, 1.807) is 89.8 Å². The molecule has 0 spiro atoms. The summed E-state index contributed by atoms with van der Waals surface area (Å²) in [7, 11) is 1.50. The van der Waals surface area contributed by atoms with Crippen LogP contribution in [-0.4, -0.2) is 202 Å². The lowest BCUT2D eigenvalue weighted by Crippen LogP contribution is -2.54. The van der Waals surface area contributed by atoms with Crippen molar-refractivity contribution >= 4 is 105 Å². The van der Waals surface area contributed by atoms with E-state index in [-0.39, 0.29) is 132 Å². The number of phenolic OH excluding ortho intramolecular Hbond substituents is 1. The molecule has 9 N–H and O–H groups in total. The maximum Gasteiger partial charge on any atom is 0.415 e. The number of aliphatic hydroxyl groups excluding tert-OH is 1. The van der Waals surface area contributed by atoms with Crippen LogP contribution >= 0.6 is 11.8 Å². The highest BCUT2D eigenvalue weighted by molar-refractivity contribution is 8.02. The first-order chi connectivity index (χ1) is 49.4. The smallest absolute Gasteiger partial charge is 0.415 e. The van der Waals surface area contributed by atoms with E-state index in [1.807, 2.05) is 25.1 Å². The summed E-state index contributed by atoms with van der Waals surface area (Å²) >= 11 is 1.62. The van der Waals surface area contributed by atoms with Crippen molar-refractivity contribution in [3.8, 4) is 11.5 Å². The number of aliphatic hydroxyl groups is 1. The molecular formula is C73H94N12O17S. The fourth-order valence-corrected chi connectivity index (χ4v) is 14.2. The largest absolute Gasteiger partial charge is 0.508 e. The second-order valence-corrected chi connectivity index (χ2v) is 27.3. The molecule has 0 saturated carbocycles. The third-order valence-corrected chi connectivity index (χ3v) is 19.6. The lowest BCUT2D eigenvalue weighted by Gasteiger charge is -2.33. The highest BCUT2D eigenvalue weighted by atomic mass is 32.2. The number of ether oxygens (including phenoxy) is 5. The number of aromatic nitrogens is 2. The molecule has 0 bridgehead atoms. The summed E-state index contributed by atoms with van der Waals surface area (Å²) in [6, 6.07) is 19.7. The van der Waals surface area contributed by atoms with Crippen LogP contribution in [0.3, 0.4) is 0 Å². The third-order valence-electron chi connectivity index (χ3n) is 17.8. The molecule has 4 heterocycles. The molecule has 2 aromatic heterocycles. The van der Waals surface area contributed by atoms with Gasteiger partial charge in [-0.1, -0.05) is 77.8 Å². The van der Waals surface area contributed by atoms with Gasteiger partial charge in [0.05, 0.1) is 56.2 Å². The predicted molar refractivity (Wildman–Crippen MR) is 387 cm³/mol. The van der Waals surface area contributed by atoms with Gasteiger partial charge in [0.1, 0.15) is 48.1 Å². The van der Waals surface area contributed by atoms with E-state index in [1.165, 1.54) is 46.0 Å². The number of hydrogen-bond donors (Lipinski definition) is 8. The average molecular weight is 1440 g/mol. The number of urea groups is 1. The SMILES string of the molecule is CCCC(CC)(CCC)SC1CC(=O)N(CCOCCOC(=O)N[C@H](C(=O)N[C@@H](CCCNC(N)=O)C(=O)Nc2ccc(COC(=O)N(C)CCN(CCOCCO)C(=O)Oc3cc4c(c5c(C)cccc35)CCN4C(=O)c3cn4cc(NC(=O)c5ccc(O)cc5)ccc4n3)cc2)C(C)C)C1=O. The van der Waals surface area contributed by atoms with Crippen LogP contribution in [-0.2, 0) is 51.2 Å². The molecule has 6 aromatic rings. The Morgan fingerprint density at radius 1 is 0.806 bits per heavy atom. The maximum atomic E-state index is 14.4. The molecule has 2 aliphatic heterocycles. The number of rotatable bonds is 37. The number of likely N-dealkylation sites (N-methyl/N-ethyl adjacent to an activating group) is 1. The second kappa shape index (κ2) is 37.8. The number of carbonyl (C=O) groups is 10. The van der Waals surface area contributed by atoms with E-state index in [0.717, 1.165) is 48.6 Å². The number of hydrogen-bond acceptors (Lipinski definition) is 19. The van der Waals surface area contributed by atoms with E-state index in [2.05, 4.69) is 52.3 Å². The van der Waals surface area contributed by atoms with Gasteiger partial charge < -0.3 is 85.3 Å². The lowest BCUT2D eigenvalue weighted by atomic mass is 9.94. The Morgan fingerprint density at radius 2 is 1.53 bits per heavy atom. The van der Waals surface area contributed by atoms with Crippen LogP contribution in [0.5, 0.6) is 11.5 Å². The number of benzene rings is 4. The number of aryl methyl sites for hydroxylation is 1. The number of pyridine rings is 1. The molecule has 103 heavy (non-hydrogen) atoms. The number of primary amides is 1. The minimum Gasteiger partial charge on any atom is -0.508 e. The van der Waals surface area contributed by atoms with Crippen molar-refractivity contribution < 1.29 is 81.8 Å². The molecule has 30 heteroatoms. The Morgan fingerprint density at radius 3 is 2.23 bits per heavy atom. The fourth-order valence-electron chi connectivity index (χ4n) is 12.3. The van der Waals surface area contributed by atoms with Crippen molar-refractivity contribution in [1.29, 1.82) is 0 Å². The Balaban J connectivity index is 0.823. The summed E-state index contributed by atoms with van der Waals surface area (Å²) in [4.78, 5) is 144. The Kier molecular flexibility index (Phi) is 28.8. The van der Waals surface area contributed by atoms with E-state index < -0.39 is 71.2 Å². The summed E-state index contributed by atoms with van der Waals surface area (Å²) in [6.07, 6.45) is 6.50. The number of carbonyl (C=O) groups excluding carboxylic acids is 10. The van der Waals surface area contributed by atoms with Gasteiger partial charge in [-0.15, -0.1) is 11.8 Å². The van der Waals surface area contributed by atoms with Gasteiger partial charge in [0.2, 0.25) is 23.6 Å². The molecule has 0 radical (unpaired) electrons. The van der Waals surface area contributed by atoms with Gasteiger partial charge in [0.25, 0.3) is 11.8 Å². The van der Waals surface area contributed by atoms with Crippen LogP contribution in [0.1, 0.15) is 124 Å². The summed E-state index contributed by atoms with van der Waals surface area (Å²) < 4.78 is 29.9. The number of alkyl carbamates (subject to hydrolysis) is 1. The minimum absolute atomic E-state index is 0.00782. The van der Waals surface area contributed by atoms with Crippen LogP contribution in [0.15, 0.2) is 97.3 Å². The topological polar surface area (TPSA) is 374 Å². The van der Waals surface area contributed by atoms with Gasteiger partial charge in [0.15, 0.2) is 0 Å². The molecule has 4 aromatic carbocycles. The van der Waals surface area contributed by atoms with Crippen LogP contribution in [0.2, 0.25) is 0 Å². The normalized spacial score (nSPS) is 14.1. The Hall–Kier alpha value is -10.0. The van der Waals surface area contributed by atoms with Gasteiger partial charge >= 0.3 is 24.3 Å². The van der Waals surface area contributed by atoms with Crippen molar-refractivity contribution in [2.75, 3.05) is 101 Å². The molecule has 11 amide bonds. The van der Waals surface area contributed by atoms with E-state index in [0.29, 0.717) is 52.2 Å². The highest BCUT2D eigenvalue weighted by Crippen LogP contribution is 2.45. The zero-order valence-electron chi connectivity index (χ0n) is 59.3. The number of nitrogens with two attached hydrogens (primary N) is 1. The molecule has 554 valence electrons. The molecule has 3 atom stereocenters. The predicted octanol–water partition coefficient (Wildman–Crippen LogP) is 8.28. The molecule has 0 aliphatic carbocycles. The van der Waals surface area contributed by atoms with Gasteiger partial charge in [-0.3, -0.25) is 33.7 Å². The van der Waals surface area contributed by atoms with Crippen molar-refractivity contribution in [3.05, 3.63) is 125 Å². The monoisotopic (exact) mass is 1440 g/mol. The molecule has 1 unspecified atom stereocenters. The average Bonchev–Trinajstić information content (AvgIpc) is 1.66. The molecular weight excluding hydrogens is 1350 g/mol. The van der Waals surface area contributed by atoms with Crippen molar-refractivity contribution in [2.45, 2.75) is 128 Å². The zero-order chi connectivity index (χ0) is 74.3. The first kappa shape index (κ1) is 78.7. The Labute approximate surface area is 602 Å². The number of imide groups is 1. The van der Waals surface area contributed by atoms with Crippen molar-refractivity contribution in [2.24, 2.45) is 11.7 Å². The Bertz CT molecular complexity index is 3980. The molecule has 1 fully saturated rings. The van der Waals surface area contributed by atoms with Crippen LogP contribution in [0, 0.1) is 12.8 Å². The number of anilines is 3. The van der Waals surface area contributed by atoms with Gasteiger partial charge in [-0.05, 0) is 122 Å².